The van der Waals surface area contributed by atoms with Gasteiger partial charge in [-0.05, 0) is 5.56 Å². The molecule has 0 atom stereocenters. The first-order valence-electron chi connectivity index (χ1n) is 4.32. The highest BCUT2D eigenvalue weighted by molar-refractivity contribution is 5.48. The second-order valence-corrected chi connectivity index (χ2v) is 2.93. The Balaban J connectivity index is 3.30. The largest absolute Gasteiger partial charge is 0.273 e. The highest BCUT2D eigenvalue weighted by atomic mass is 16.6. The predicted octanol–water partition coefficient (Wildman–Crippen LogP) is 1.95. The maximum atomic E-state index is 10.7. The van der Waals surface area contributed by atoms with E-state index in [4.69, 9.17) is 12.8 Å². The quantitative estimate of drug-likeness (QED) is 0.424. The summed E-state index contributed by atoms with van der Waals surface area (Å²) < 4.78 is 0. The standard InChI is InChI=1S/C12H9NO2/c1-3-6-10-8-5-9-12(13(14)15)11(10)7-4-2/h1-2,5,8-9H,6-7H2. The minimum atomic E-state index is -0.438. The van der Waals surface area contributed by atoms with Crippen LogP contribution >= 0.6 is 0 Å². The molecule has 0 aliphatic heterocycles. The molecular weight excluding hydrogens is 190 g/mol. The van der Waals surface area contributed by atoms with E-state index in [9.17, 15) is 10.1 Å². The molecule has 0 N–H and O–H groups in total. The second kappa shape index (κ2) is 4.83. The van der Waals surface area contributed by atoms with E-state index in [2.05, 4.69) is 11.8 Å². The van der Waals surface area contributed by atoms with Gasteiger partial charge in [0.15, 0.2) is 0 Å². The van der Waals surface area contributed by atoms with E-state index in [0.29, 0.717) is 12.0 Å². The van der Waals surface area contributed by atoms with Gasteiger partial charge in [-0.2, -0.15) is 0 Å². The Morgan fingerprint density at radius 1 is 1.27 bits per heavy atom. The first-order chi connectivity index (χ1) is 7.20. The van der Waals surface area contributed by atoms with Crippen molar-refractivity contribution in [3.63, 3.8) is 0 Å². The number of hydrogen-bond acceptors (Lipinski definition) is 2. The highest BCUT2D eigenvalue weighted by Crippen LogP contribution is 2.22. The van der Waals surface area contributed by atoms with Gasteiger partial charge in [-0.15, -0.1) is 24.7 Å². The molecule has 0 aliphatic carbocycles. The molecule has 74 valence electrons. The summed E-state index contributed by atoms with van der Waals surface area (Å²) in [7, 11) is 0. The van der Waals surface area contributed by atoms with Gasteiger partial charge in [0, 0.05) is 24.5 Å². The molecule has 0 bridgehead atoms. The van der Waals surface area contributed by atoms with Gasteiger partial charge in [-0.25, -0.2) is 0 Å². The summed E-state index contributed by atoms with van der Waals surface area (Å²) in [5.41, 5.74) is 1.34. The molecule has 0 saturated carbocycles. The first kappa shape index (κ1) is 10.8. The fraction of sp³-hybridized carbons (Fsp3) is 0.167. The van der Waals surface area contributed by atoms with Crippen LogP contribution in [0.4, 0.5) is 5.69 Å². The van der Waals surface area contributed by atoms with Gasteiger partial charge in [0.05, 0.1) is 4.92 Å². The monoisotopic (exact) mass is 199 g/mol. The first-order valence-corrected chi connectivity index (χ1v) is 4.32. The normalized spacial score (nSPS) is 8.93. The van der Waals surface area contributed by atoms with Crippen LogP contribution in [-0.4, -0.2) is 4.92 Å². The molecule has 3 nitrogen and oxygen atoms in total. The smallest absolute Gasteiger partial charge is 0.258 e. The number of nitro benzene ring substituents is 1. The van der Waals surface area contributed by atoms with E-state index >= 15 is 0 Å². The zero-order valence-electron chi connectivity index (χ0n) is 8.06. The highest BCUT2D eigenvalue weighted by Gasteiger charge is 2.15. The number of rotatable bonds is 3. The van der Waals surface area contributed by atoms with Crippen molar-refractivity contribution in [2.24, 2.45) is 0 Å². The van der Waals surface area contributed by atoms with Crippen molar-refractivity contribution in [2.45, 2.75) is 12.8 Å². The maximum Gasteiger partial charge on any atom is 0.273 e. The Bertz CT molecular complexity index is 463. The molecule has 15 heavy (non-hydrogen) atoms. The molecule has 0 fully saturated rings. The number of benzene rings is 1. The third-order valence-electron chi connectivity index (χ3n) is 2.02. The zero-order chi connectivity index (χ0) is 11.3. The lowest BCUT2D eigenvalue weighted by Gasteiger charge is -2.04. The Labute approximate surface area is 88.3 Å². The third kappa shape index (κ3) is 2.36. The van der Waals surface area contributed by atoms with Crippen LogP contribution in [-0.2, 0) is 12.8 Å². The van der Waals surface area contributed by atoms with E-state index < -0.39 is 4.92 Å². The summed E-state index contributed by atoms with van der Waals surface area (Å²) in [5.74, 6) is 4.86. The van der Waals surface area contributed by atoms with E-state index in [-0.39, 0.29) is 12.1 Å². The van der Waals surface area contributed by atoms with E-state index in [1.807, 2.05) is 0 Å². The topological polar surface area (TPSA) is 43.1 Å². The van der Waals surface area contributed by atoms with Crippen LogP contribution in [0.25, 0.3) is 0 Å². The van der Waals surface area contributed by atoms with Crippen molar-refractivity contribution in [2.75, 3.05) is 0 Å². The van der Waals surface area contributed by atoms with Crippen LogP contribution < -0.4 is 0 Å². The van der Waals surface area contributed by atoms with Crippen LogP contribution in [0, 0.1) is 34.8 Å². The van der Waals surface area contributed by atoms with Gasteiger partial charge in [-0.3, -0.25) is 10.1 Å². The average Bonchev–Trinajstić information content (AvgIpc) is 2.21. The van der Waals surface area contributed by atoms with E-state index in [1.54, 1.807) is 12.1 Å². The molecule has 0 aliphatic rings. The fourth-order valence-corrected chi connectivity index (χ4v) is 1.37. The second-order valence-electron chi connectivity index (χ2n) is 2.93. The SMILES string of the molecule is C#CCc1cccc([N+](=O)[O-])c1CC#C. The molecule has 0 spiro atoms. The Morgan fingerprint density at radius 2 is 1.93 bits per heavy atom. The summed E-state index contributed by atoms with van der Waals surface area (Å²) in [6, 6.07) is 4.82. The molecule has 0 amide bonds. The van der Waals surface area contributed by atoms with Crippen LogP contribution in [0.15, 0.2) is 18.2 Å². The molecule has 0 saturated heterocycles. The van der Waals surface area contributed by atoms with Crippen molar-refractivity contribution in [3.8, 4) is 24.7 Å². The molecular formula is C12H9NO2. The minimum absolute atomic E-state index is 0.0423. The Morgan fingerprint density at radius 3 is 2.47 bits per heavy atom. The Kier molecular flexibility index (Phi) is 3.49. The van der Waals surface area contributed by atoms with Crippen molar-refractivity contribution < 1.29 is 4.92 Å². The average molecular weight is 199 g/mol. The summed E-state index contributed by atoms with van der Waals surface area (Å²) in [6.07, 6.45) is 10.9. The lowest BCUT2D eigenvalue weighted by Crippen LogP contribution is -1.99. The molecule has 0 unspecified atom stereocenters. The lowest BCUT2D eigenvalue weighted by molar-refractivity contribution is -0.385. The Hall–Kier alpha value is -2.26. The third-order valence-corrected chi connectivity index (χ3v) is 2.02. The number of nitrogens with zero attached hydrogens (tertiary/aromatic N) is 1. The molecule has 0 radical (unpaired) electrons. The summed E-state index contributed by atoms with van der Waals surface area (Å²) >= 11 is 0. The van der Waals surface area contributed by atoms with Crippen molar-refractivity contribution >= 4 is 5.69 Å². The van der Waals surface area contributed by atoms with Gasteiger partial charge >= 0.3 is 0 Å². The van der Waals surface area contributed by atoms with Gasteiger partial charge in [0.25, 0.3) is 5.69 Å². The van der Waals surface area contributed by atoms with Crippen molar-refractivity contribution in [1.29, 1.82) is 0 Å². The van der Waals surface area contributed by atoms with E-state index in [0.717, 1.165) is 5.56 Å². The summed E-state index contributed by atoms with van der Waals surface area (Å²) in [5, 5.41) is 10.7. The van der Waals surface area contributed by atoms with Crippen molar-refractivity contribution in [1.82, 2.24) is 0 Å². The molecule has 0 heterocycles. The molecule has 0 aromatic heterocycles. The maximum absolute atomic E-state index is 10.7. The van der Waals surface area contributed by atoms with E-state index in [1.165, 1.54) is 6.07 Å². The zero-order valence-corrected chi connectivity index (χ0v) is 8.06. The molecule has 3 heteroatoms. The van der Waals surface area contributed by atoms with Gasteiger partial charge < -0.3 is 0 Å². The van der Waals surface area contributed by atoms with Crippen LogP contribution in [0.1, 0.15) is 11.1 Å². The molecule has 1 aromatic carbocycles. The minimum Gasteiger partial charge on any atom is -0.258 e. The number of nitro groups is 1. The molecule has 1 rings (SSSR count). The van der Waals surface area contributed by atoms with Gasteiger partial charge in [-0.1, -0.05) is 12.1 Å². The number of hydrogen-bond donors (Lipinski definition) is 0. The summed E-state index contributed by atoms with van der Waals surface area (Å²) in [4.78, 5) is 10.3. The van der Waals surface area contributed by atoms with Crippen molar-refractivity contribution in [3.05, 3.63) is 39.4 Å². The van der Waals surface area contributed by atoms with Crippen LogP contribution in [0.2, 0.25) is 0 Å². The van der Waals surface area contributed by atoms with Gasteiger partial charge in [0.1, 0.15) is 0 Å². The van der Waals surface area contributed by atoms with Gasteiger partial charge in [0.2, 0.25) is 0 Å². The van der Waals surface area contributed by atoms with Crippen LogP contribution in [0.5, 0.6) is 0 Å². The summed E-state index contributed by atoms with van der Waals surface area (Å²) in [6.45, 7) is 0. The molecule has 1 aromatic rings. The lowest BCUT2D eigenvalue weighted by atomic mass is 10.0. The predicted molar refractivity (Wildman–Crippen MR) is 58.2 cm³/mol. The van der Waals surface area contributed by atoms with Crippen LogP contribution in [0.3, 0.4) is 0 Å². The fourth-order valence-electron chi connectivity index (χ4n) is 1.37. The number of terminal acetylenes is 2.